The smallest absolute Gasteiger partial charge is 0.222 e. The van der Waals surface area contributed by atoms with Crippen molar-refractivity contribution in [2.75, 3.05) is 7.11 Å². The van der Waals surface area contributed by atoms with Crippen molar-refractivity contribution in [3.05, 3.63) is 72.0 Å². The molecule has 1 heterocycles. The number of allylic oxidation sites excluding steroid dienone is 3. The van der Waals surface area contributed by atoms with E-state index in [1.165, 1.54) is 25.7 Å². The van der Waals surface area contributed by atoms with Crippen LogP contribution in [0.15, 0.2) is 49.5 Å². The molecule has 1 unspecified atom stereocenters. The average molecular weight is 356 g/mol. The molecule has 0 aliphatic heterocycles. The van der Waals surface area contributed by atoms with Crippen LogP contribution in [-0.4, -0.2) is 22.2 Å². The van der Waals surface area contributed by atoms with E-state index < -0.39 is 16.8 Å². The van der Waals surface area contributed by atoms with Crippen LogP contribution in [0.2, 0.25) is 0 Å². The minimum Gasteiger partial charge on any atom is -0.481 e. The van der Waals surface area contributed by atoms with Crippen LogP contribution in [0, 0.1) is 11.2 Å². The minimum atomic E-state index is -1.68. The molecule has 1 atom stereocenters. The Labute approximate surface area is 154 Å². The van der Waals surface area contributed by atoms with Gasteiger partial charge in [0.05, 0.1) is 12.7 Å². The molecular formula is C21H25FN2O2. The fraction of sp³-hybridized carbons (Fsp3) is 0.333. The maximum absolute atomic E-state index is 15.1. The number of methoxy groups -OCH3 is 1. The number of halogens is 1. The molecule has 0 bridgehead atoms. The largest absolute Gasteiger partial charge is 0.481 e. The summed E-state index contributed by atoms with van der Waals surface area (Å²) in [5, 5.41) is 11.7. The van der Waals surface area contributed by atoms with Gasteiger partial charge in [-0.3, -0.25) is 0 Å². The Kier molecular flexibility index (Phi) is 5.62. The monoisotopic (exact) mass is 356 g/mol. The summed E-state index contributed by atoms with van der Waals surface area (Å²) in [6.07, 6.45) is 6.25. The van der Waals surface area contributed by atoms with Crippen LogP contribution in [0.1, 0.15) is 44.4 Å². The highest BCUT2D eigenvalue weighted by atomic mass is 19.1. The van der Waals surface area contributed by atoms with Crippen molar-refractivity contribution in [2.45, 2.75) is 33.3 Å². The zero-order valence-electron chi connectivity index (χ0n) is 15.9. The molecular weight excluding hydrogens is 331 g/mol. The zero-order valence-corrected chi connectivity index (χ0v) is 15.9. The summed E-state index contributed by atoms with van der Waals surface area (Å²) in [5.74, 6) is -0.300. The average Bonchev–Trinajstić information content (AvgIpc) is 2.60. The fourth-order valence-electron chi connectivity index (χ4n) is 3.01. The first-order valence-electron chi connectivity index (χ1n) is 8.33. The molecule has 5 heteroatoms. The topological polar surface area (TPSA) is 55.2 Å². The van der Waals surface area contributed by atoms with Crippen LogP contribution in [0.4, 0.5) is 4.39 Å². The predicted molar refractivity (Wildman–Crippen MR) is 101 cm³/mol. The molecule has 1 aromatic heterocycles. The lowest BCUT2D eigenvalue weighted by atomic mass is 9.68. The van der Waals surface area contributed by atoms with Gasteiger partial charge in [-0.15, -0.1) is 0 Å². The van der Waals surface area contributed by atoms with E-state index in [0.29, 0.717) is 5.56 Å². The van der Waals surface area contributed by atoms with Gasteiger partial charge < -0.3 is 9.84 Å². The number of nitrogens with zero attached hydrogens (tertiary/aromatic N) is 2. The van der Waals surface area contributed by atoms with Gasteiger partial charge in [0.25, 0.3) is 0 Å². The number of benzene rings is 1. The van der Waals surface area contributed by atoms with Crippen molar-refractivity contribution < 1.29 is 14.2 Å². The van der Waals surface area contributed by atoms with E-state index in [9.17, 15) is 5.11 Å². The van der Waals surface area contributed by atoms with Gasteiger partial charge in [-0.05, 0) is 29.5 Å². The molecule has 0 aliphatic rings. The summed E-state index contributed by atoms with van der Waals surface area (Å²) in [6, 6.07) is 4.79. The van der Waals surface area contributed by atoms with Crippen molar-refractivity contribution >= 4 is 5.57 Å². The molecule has 4 nitrogen and oxygen atoms in total. The van der Waals surface area contributed by atoms with E-state index in [4.69, 9.17) is 4.74 Å². The summed E-state index contributed by atoms with van der Waals surface area (Å²) in [5.41, 5.74) is -0.366. The lowest BCUT2D eigenvalue weighted by Crippen LogP contribution is -2.42. The third kappa shape index (κ3) is 3.40. The summed E-state index contributed by atoms with van der Waals surface area (Å²) >= 11 is 0. The van der Waals surface area contributed by atoms with Gasteiger partial charge in [-0.25, -0.2) is 14.4 Å². The third-order valence-electron chi connectivity index (χ3n) is 4.53. The van der Waals surface area contributed by atoms with Crippen molar-refractivity contribution in [1.82, 2.24) is 9.97 Å². The van der Waals surface area contributed by atoms with Gasteiger partial charge in [0, 0.05) is 11.8 Å². The van der Waals surface area contributed by atoms with Crippen LogP contribution < -0.4 is 4.74 Å². The highest BCUT2D eigenvalue weighted by molar-refractivity contribution is 5.65. The molecule has 2 aromatic rings. The highest BCUT2D eigenvalue weighted by Crippen LogP contribution is 2.47. The molecule has 0 spiro atoms. The molecule has 0 amide bonds. The SMILES string of the molecule is C=CC=C(C)c1ccc(C(O)(c2cncnc2OC)C(C)(C)C)c(F)c1. The van der Waals surface area contributed by atoms with Crippen LogP contribution in [-0.2, 0) is 5.60 Å². The molecule has 0 saturated heterocycles. The van der Waals surface area contributed by atoms with Crippen molar-refractivity contribution in [3.8, 4) is 5.88 Å². The van der Waals surface area contributed by atoms with E-state index in [0.717, 1.165) is 11.1 Å². The highest BCUT2D eigenvalue weighted by Gasteiger charge is 2.47. The van der Waals surface area contributed by atoms with Crippen LogP contribution >= 0.6 is 0 Å². The predicted octanol–water partition coefficient (Wildman–Crippen LogP) is 4.50. The van der Waals surface area contributed by atoms with Crippen LogP contribution in [0.3, 0.4) is 0 Å². The Morgan fingerprint density at radius 2 is 1.96 bits per heavy atom. The first-order valence-corrected chi connectivity index (χ1v) is 8.33. The molecule has 26 heavy (non-hydrogen) atoms. The van der Waals surface area contributed by atoms with Gasteiger partial charge in [0.2, 0.25) is 5.88 Å². The standard InChI is InChI=1S/C21H25FN2O2/c1-7-8-14(2)15-9-10-16(18(22)11-15)21(25,20(3,4)5)17-12-23-13-24-19(17)26-6/h7-13,25H,1H2,2-6H3. The molecule has 1 aromatic carbocycles. The molecule has 0 aliphatic carbocycles. The minimum absolute atomic E-state index is 0.147. The Bertz CT molecular complexity index is 840. The number of aliphatic hydroxyl groups is 1. The number of aromatic nitrogens is 2. The molecule has 0 radical (unpaired) electrons. The molecule has 0 saturated carbocycles. The second-order valence-electron chi connectivity index (χ2n) is 7.19. The van der Waals surface area contributed by atoms with Gasteiger partial charge >= 0.3 is 0 Å². The van der Waals surface area contributed by atoms with Crippen molar-refractivity contribution in [2.24, 2.45) is 5.41 Å². The van der Waals surface area contributed by atoms with Gasteiger partial charge in [0.15, 0.2) is 0 Å². The molecule has 2 rings (SSSR count). The quantitative estimate of drug-likeness (QED) is 0.802. The first-order chi connectivity index (χ1) is 12.2. The number of rotatable bonds is 5. The van der Waals surface area contributed by atoms with Crippen molar-refractivity contribution in [1.29, 1.82) is 0 Å². The first kappa shape index (κ1) is 19.8. The van der Waals surface area contributed by atoms with Gasteiger partial charge in [-0.1, -0.05) is 51.6 Å². The lowest BCUT2D eigenvalue weighted by molar-refractivity contribution is -0.0311. The second kappa shape index (κ2) is 7.38. The summed E-state index contributed by atoms with van der Waals surface area (Å²) < 4.78 is 20.4. The Morgan fingerprint density at radius 3 is 2.50 bits per heavy atom. The third-order valence-corrected chi connectivity index (χ3v) is 4.53. The summed E-state index contributed by atoms with van der Waals surface area (Å²) in [7, 11) is 1.46. The number of hydrogen-bond donors (Lipinski definition) is 1. The van der Waals surface area contributed by atoms with E-state index in [-0.39, 0.29) is 11.4 Å². The Morgan fingerprint density at radius 1 is 1.27 bits per heavy atom. The van der Waals surface area contributed by atoms with E-state index in [1.54, 1.807) is 24.3 Å². The van der Waals surface area contributed by atoms with Crippen LogP contribution in [0.5, 0.6) is 5.88 Å². The van der Waals surface area contributed by atoms with Gasteiger partial charge in [0.1, 0.15) is 17.7 Å². The normalized spacial score (nSPS) is 14.7. The van der Waals surface area contributed by atoms with E-state index in [1.807, 2.05) is 27.7 Å². The second-order valence-corrected chi connectivity index (χ2v) is 7.19. The molecule has 1 N–H and O–H groups in total. The van der Waals surface area contributed by atoms with Gasteiger partial charge in [-0.2, -0.15) is 0 Å². The maximum Gasteiger partial charge on any atom is 0.222 e. The molecule has 0 fully saturated rings. The fourth-order valence-corrected chi connectivity index (χ4v) is 3.01. The van der Waals surface area contributed by atoms with E-state index >= 15 is 4.39 Å². The zero-order chi connectivity index (χ0) is 19.5. The molecule has 138 valence electrons. The Balaban J connectivity index is 2.73. The summed E-state index contributed by atoms with van der Waals surface area (Å²) in [4.78, 5) is 8.07. The lowest BCUT2D eigenvalue weighted by Gasteiger charge is -2.41. The van der Waals surface area contributed by atoms with E-state index in [2.05, 4.69) is 16.5 Å². The number of ether oxygens (including phenoxy) is 1. The number of hydrogen-bond acceptors (Lipinski definition) is 4. The Hall–Kier alpha value is -2.53. The van der Waals surface area contributed by atoms with Crippen molar-refractivity contribution in [3.63, 3.8) is 0 Å². The summed E-state index contributed by atoms with van der Waals surface area (Å²) in [6.45, 7) is 11.0. The maximum atomic E-state index is 15.1. The van der Waals surface area contributed by atoms with Crippen LogP contribution in [0.25, 0.3) is 5.57 Å².